The first-order valence-corrected chi connectivity index (χ1v) is 12.3. The van der Waals surface area contributed by atoms with Crippen LogP contribution in [0, 0.1) is 0 Å². The van der Waals surface area contributed by atoms with Gasteiger partial charge in [-0.25, -0.2) is 0 Å². The number of benzene rings is 1. The number of carbonyl (C=O) groups is 3. The lowest BCUT2D eigenvalue weighted by atomic mass is 10.0. The van der Waals surface area contributed by atoms with Crippen molar-refractivity contribution in [2.75, 3.05) is 46.0 Å². The molecule has 3 heterocycles. The summed E-state index contributed by atoms with van der Waals surface area (Å²) in [5, 5.41) is 2.31. The van der Waals surface area contributed by atoms with E-state index in [0.717, 1.165) is 44.2 Å². The van der Waals surface area contributed by atoms with Crippen LogP contribution in [0.3, 0.4) is 0 Å². The fraction of sp³-hybridized carbons (Fsp3) is 0.444. The highest BCUT2D eigenvalue weighted by Gasteiger charge is 2.38. The molecule has 3 saturated heterocycles. The summed E-state index contributed by atoms with van der Waals surface area (Å²) in [4.78, 5) is 40.0. The molecule has 1 N–H and O–H groups in total. The van der Waals surface area contributed by atoms with Crippen LogP contribution in [-0.2, 0) is 30.5 Å². The summed E-state index contributed by atoms with van der Waals surface area (Å²) in [7, 11) is 0. The monoisotopic (exact) mass is 495 g/mol. The summed E-state index contributed by atoms with van der Waals surface area (Å²) >= 11 is 0. The number of likely N-dealkylation sites (tertiary alicyclic amines) is 1. The smallest absolute Gasteiger partial charge is 0.250 e. The van der Waals surface area contributed by atoms with Crippen molar-refractivity contribution in [1.82, 2.24) is 15.1 Å². The van der Waals surface area contributed by atoms with E-state index in [4.69, 9.17) is 14.2 Å². The molecule has 36 heavy (non-hydrogen) atoms. The van der Waals surface area contributed by atoms with Crippen LogP contribution in [0.25, 0.3) is 0 Å². The molecule has 3 aliphatic rings. The molecule has 3 aliphatic heterocycles. The Labute approximate surface area is 211 Å². The van der Waals surface area contributed by atoms with Crippen LogP contribution in [0.15, 0.2) is 60.4 Å². The van der Waals surface area contributed by atoms with Gasteiger partial charge in [0, 0.05) is 38.2 Å². The van der Waals surface area contributed by atoms with Gasteiger partial charge in [0.1, 0.15) is 30.8 Å². The van der Waals surface area contributed by atoms with E-state index in [2.05, 4.69) is 16.8 Å². The summed E-state index contributed by atoms with van der Waals surface area (Å²) in [6, 6.07) is 7.21. The van der Waals surface area contributed by atoms with Crippen molar-refractivity contribution in [2.24, 2.45) is 0 Å². The maximum Gasteiger partial charge on any atom is 0.250 e. The molecule has 0 radical (unpaired) electrons. The topological polar surface area (TPSA) is 97.4 Å². The summed E-state index contributed by atoms with van der Waals surface area (Å²) < 4.78 is 16.9. The molecule has 9 nitrogen and oxygen atoms in total. The van der Waals surface area contributed by atoms with Crippen LogP contribution in [0.1, 0.15) is 24.8 Å². The van der Waals surface area contributed by atoms with Crippen LogP contribution in [0.5, 0.6) is 5.75 Å². The number of hydrogen-bond donors (Lipinski definition) is 1. The van der Waals surface area contributed by atoms with E-state index in [-0.39, 0.29) is 18.2 Å². The highest BCUT2D eigenvalue weighted by atomic mass is 16.5. The maximum atomic E-state index is 12.7. The minimum Gasteiger partial charge on any atom is -0.492 e. The summed E-state index contributed by atoms with van der Waals surface area (Å²) in [6.07, 6.45) is 6.33. The molecule has 3 fully saturated rings. The third-order valence-electron chi connectivity index (χ3n) is 6.45. The molecule has 3 amide bonds. The van der Waals surface area contributed by atoms with Gasteiger partial charge in [0.05, 0.1) is 13.2 Å². The molecule has 0 aromatic heterocycles. The van der Waals surface area contributed by atoms with Crippen molar-refractivity contribution < 1.29 is 28.6 Å². The molecule has 192 valence electrons. The normalized spacial score (nSPS) is 22.3. The molecule has 1 unspecified atom stereocenters. The third kappa shape index (κ3) is 7.05. The zero-order valence-electron chi connectivity index (χ0n) is 20.4. The van der Waals surface area contributed by atoms with E-state index < -0.39 is 11.9 Å². The van der Waals surface area contributed by atoms with Gasteiger partial charge in [0.25, 0.3) is 5.91 Å². The quantitative estimate of drug-likeness (QED) is 0.229. The van der Waals surface area contributed by atoms with E-state index in [1.807, 2.05) is 24.3 Å². The van der Waals surface area contributed by atoms with Crippen molar-refractivity contribution in [3.8, 4) is 5.75 Å². The van der Waals surface area contributed by atoms with Crippen LogP contribution in [-0.4, -0.2) is 79.6 Å². The van der Waals surface area contributed by atoms with E-state index in [0.29, 0.717) is 43.9 Å². The Bertz CT molecular complexity index is 1030. The fourth-order valence-corrected chi connectivity index (χ4v) is 4.36. The highest BCUT2D eigenvalue weighted by Crippen LogP contribution is 2.23. The lowest BCUT2D eigenvalue weighted by Gasteiger charge is -2.29. The highest BCUT2D eigenvalue weighted by molar-refractivity contribution is 6.04. The number of allylic oxidation sites excluding steroid dienone is 3. The SMILES string of the molecule is C=C(/C=C\C=C1/CCN(C2CCC(=O)NC2=O)C1=O)OCc1ccc(OCCN2CCOCC2)cc1. The Morgan fingerprint density at radius 3 is 2.64 bits per heavy atom. The zero-order chi connectivity index (χ0) is 25.3. The molecule has 1 atom stereocenters. The average Bonchev–Trinajstić information content (AvgIpc) is 3.24. The number of morpholine rings is 1. The second-order valence-electron chi connectivity index (χ2n) is 8.97. The van der Waals surface area contributed by atoms with Gasteiger partial charge in [-0.2, -0.15) is 0 Å². The van der Waals surface area contributed by atoms with Crippen molar-refractivity contribution in [3.05, 3.63) is 66.0 Å². The number of rotatable bonds is 10. The number of imide groups is 1. The summed E-state index contributed by atoms with van der Waals surface area (Å²) in [6.45, 7) is 9.74. The first-order valence-electron chi connectivity index (χ1n) is 12.3. The number of carbonyl (C=O) groups excluding carboxylic acids is 3. The Morgan fingerprint density at radius 1 is 1.11 bits per heavy atom. The van der Waals surface area contributed by atoms with Gasteiger partial charge in [-0.15, -0.1) is 0 Å². The van der Waals surface area contributed by atoms with Gasteiger partial charge in [0.15, 0.2) is 0 Å². The maximum absolute atomic E-state index is 12.7. The van der Waals surface area contributed by atoms with Crippen molar-refractivity contribution >= 4 is 17.7 Å². The molecular weight excluding hydrogens is 462 g/mol. The van der Waals surface area contributed by atoms with Gasteiger partial charge in [-0.3, -0.25) is 24.6 Å². The Kier molecular flexibility index (Phi) is 8.91. The van der Waals surface area contributed by atoms with Crippen LogP contribution in [0.2, 0.25) is 0 Å². The molecule has 1 aromatic rings. The predicted molar refractivity (Wildman–Crippen MR) is 133 cm³/mol. The number of ether oxygens (including phenoxy) is 3. The predicted octanol–water partition coefficient (Wildman–Crippen LogP) is 1.95. The minimum atomic E-state index is -0.579. The van der Waals surface area contributed by atoms with Gasteiger partial charge < -0.3 is 19.1 Å². The molecule has 0 saturated carbocycles. The van der Waals surface area contributed by atoms with Gasteiger partial charge >= 0.3 is 0 Å². The lowest BCUT2D eigenvalue weighted by Crippen LogP contribution is -2.52. The lowest BCUT2D eigenvalue weighted by molar-refractivity contribution is -0.142. The molecule has 4 rings (SSSR count). The molecule has 1 aromatic carbocycles. The van der Waals surface area contributed by atoms with Gasteiger partial charge in [-0.05, 0) is 36.6 Å². The number of hydrogen-bond acceptors (Lipinski definition) is 7. The summed E-state index contributed by atoms with van der Waals surface area (Å²) in [5.74, 6) is 0.442. The molecule has 9 heteroatoms. The molecule has 0 spiro atoms. The van der Waals surface area contributed by atoms with E-state index in [1.54, 1.807) is 23.1 Å². The zero-order valence-corrected chi connectivity index (χ0v) is 20.4. The largest absolute Gasteiger partial charge is 0.492 e. The number of piperidine rings is 1. The first-order chi connectivity index (χ1) is 17.5. The number of nitrogens with one attached hydrogen (secondary N) is 1. The van der Waals surface area contributed by atoms with E-state index >= 15 is 0 Å². The molecule has 0 bridgehead atoms. The average molecular weight is 496 g/mol. The van der Waals surface area contributed by atoms with Crippen LogP contribution >= 0.6 is 0 Å². The van der Waals surface area contributed by atoms with E-state index in [9.17, 15) is 14.4 Å². The second-order valence-corrected chi connectivity index (χ2v) is 8.97. The van der Waals surface area contributed by atoms with Gasteiger partial charge in [0.2, 0.25) is 11.8 Å². The van der Waals surface area contributed by atoms with Gasteiger partial charge in [-0.1, -0.05) is 30.9 Å². The Balaban J connectivity index is 1.17. The van der Waals surface area contributed by atoms with Crippen LogP contribution in [0.4, 0.5) is 0 Å². The van der Waals surface area contributed by atoms with E-state index in [1.165, 1.54) is 0 Å². The number of amides is 3. The van der Waals surface area contributed by atoms with Crippen molar-refractivity contribution in [1.29, 1.82) is 0 Å². The van der Waals surface area contributed by atoms with Crippen molar-refractivity contribution in [2.45, 2.75) is 31.9 Å². The third-order valence-corrected chi connectivity index (χ3v) is 6.45. The fourth-order valence-electron chi connectivity index (χ4n) is 4.36. The summed E-state index contributed by atoms with van der Waals surface area (Å²) in [5.41, 5.74) is 1.61. The minimum absolute atomic E-state index is 0.173. The molecular formula is C27H33N3O6. The first kappa shape index (κ1) is 25.7. The Morgan fingerprint density at radius 2 is 1.89 bits per heavy atom. The van der Waals surface area contributed by atoms with Crippen LogP contribution < -0.4 is 10.1 Å². The number of nitrogens with zero attached hydrogens (tertiary/aromatic N) is 2. The molecule has 0 aliphatic carbocycles. The van der Waals surface area contributed by atoms with Crippen molar-refractivity contribution in [3.63, 3.8) is 0 Å². The standard InChI is InChI=1S/C27H33N3O6/c1-20(3-2-4-22-11-12-30(27(22)33)24-9-10-25(31)28-26(24)32)36-19-21-5-7-23(8-6-21)35-18-15-29-13-16-34-17-14-29/h2-8,24H,1,9-19H2,(H,28,31,32)/b3-2-,22-4+. The Hall–Kier alpha value is -3.43. The second kappa shape index (κ2) is 12.5.